The number of para-hydroxylation sites is 3. The smallest absolute Gasteiger partial charge is 0.143 e. The van der Waals surface area contributed by atoms with Gasteiger partial charge in [-0.25, -0.2) is 0 Å². The van der Waals surface area contributed by atoms with Crippen LogP contribution in [0, 0.1) is 0 Å². The number of hydrogen-bond donors (Lipinski definition) is 0. The molecular weight excluding hydrogens is 717 g/mol. The van der Waals surface area contributed by atoms with Crippen molar-refractivity contribution in [1.82, 2.24) is 9.13 Å². The van der Waals surface area contributed by atoms with Crippen LogP contribution in [0.5, 0.6) is 0 Å². The Morgan fingerprint density at radius 3 is 1.78 bits per heavy atom. The Bertz CT molecular complexity index is 3710. The van der Waals surface area contributed by atoms with E-state index in [4.69, 9.17) is 4.42 Å². The molecule has 12 aromatic rings. The van der Waals surface area contributed by atoms with Gasteiger partial charge in [0.05, 0.1) is 11.0 Å². The highest BCUT2D eigenvalue weighted by molar-refractivity contribution is 6.14. The first kappa shape index (κ1) is 32.5. The normalized spacial score (nSPS) is 12.4. The van der Waals surface area contributed by atoms with Crippen molar-refractivity contribution in [3.63, 3.8) is 0 Å². The van der Waals surface area contributed by atoms with Gasteiger partial charge in [0, 0.05) is 61.6 Å². The molecule has 1 aliphatic carbocycles. The Morgan fingerprint density at radius 1 is 0.390 bits per heavy atom. The standard InChI is InChI=1S/C56H36N2O/c1-57-51-18-6-4-12-44(51)48-30-35(22-27-52(48)57)36-23-28-53-49(31-36)50-33-38(41-14-8-16-43-40-11-3-2-10-37(40)32-47(41)43)24-29-54(50)58(53)39-25-20-34(21-26-39)42-15-9-17-46-45-13-5-7-19-55(45)59-56(42)46/h2-31,33H,32H2,1H3. The third-order valence-corrected chi connectivity index (χ3v) is 13.0. The molecule has 3 heteroatoms. The molecule has 0 N–H and O–H groups in total. The molecule has 0 saturated heterocycles. The number of rotatable bonds is 4. The number of benzene rings is 9. The summed E-state index contributed by atoms with van der Waals surface area (Å²) in [4.78, 5) is 0. The predicted molar refractivity (Wildman–Crippen MR) is 247 cm³/mol. The van der Waals surface area contributed by atoms with Crippen LogP contribution >= 0.6 is 0 Å². The lowest BCUT2D eigenvalue weighted by atomic mass is 9.94. The molecule has 1 aliphatic rings. The second-order valence-corrected chi connectivity index (χ2v) is 16.1. The fraction of sp³-hybridized carbons (Fsp3) is 0.0357. The average Bonchev–Trinajstić information content (AvgIpc) is 4.04. The highest BCUT2D eigenvalue weighted by atomic mass is 16.3. The summed E-state index contributed by atoms with van der Waals surface area (Å²) < 4.78 is 11.2. The Morgan fingerprint density at radius 2 is 0.949 bits per heavy atom. The fourth-order valence-corrected chi connectivity index (χ4v) is 10.2. The van der Waals surface area contributed by atoms with E-state index in [2.05, 4.69) is 192 Å². The number of aromatic nitrogens is 2. The minimum atomic E-state index is 0.914. The number of hydrogen-bond acceptors (Lipinski definition) is 1. The zero-order valence-corrected chi connectivity index (χ0v) is 32.4. The largest absolute Gasteiger partial charge is 0.455 e. The highest BCUT2D eigenvalue weighted by Gasteiger charge is 2.23. The van der Waals surface area contributed by atoms with Crippen LogP contribution in [0.3, 0.4) is 0 Å². The van der Waals surface area contributed by atoms with Crippen molar-refractivity contribution in [2.75, 3.05) is 0 Å². The van der Waals surface area contributed by atoms with E-state index in [0.29, 0.717) is 0 Å². The Labute approximate surface area is 340 Å². The molecule has 9 aromatic carbocycles. The van der Waals surface area contributed by atoms with Crippen LogP contribution in [0.1, 0.15) is 11.1 Å². The van der Waals surface area contributed by atoms with Gasteiger partial charge in [-0.3, -0.25) is 0 Å². The minimum Gasteiger partial charge on any atom is -0.455 e. The Kier molecular flexibility index (Phi) is 6.71. The second kappa shape index (κ2) is 12.2. The minimum absolute atomic E-state index is 0.914. The maximum absolute atomic E-state index is 6.44. The van der Waals surface area contributed by atoms with Gasteiger partial charge in [0.25, 0.3) is 0 Å². The van der Waals surface area contributed by atoms with Crippen LogP contribution in [0.15, 0.2) is 192 Å². The van der Waals surface area contributed by atoms with Crippen LogP contribution in [-0.4, -0.2) is 9.13 Å². The van der Waals surface area contributed by atoms with E-state index >= 15 is 0 Å². The first-order valence-electron chi connectivity index (χ1n) is 20.4. The second-order valence-electron chi connectivity index (χ2n) is 16.1. The fourth-order valence-electron chi connectivity index (χ4n) is 10.2. The van der Waals surface area contributed by atoms with Crippen LogP contribution < -0.4 is 0 Å². The lowest BCUT2D eigenvalue weighted by Crippen LogP contribution is -1.94. The molecule has 59 heavy (non-hydrogen) atoms. The van der Waals surface area contributed by atoms with Crippen molar-refractivity contribution >= 4 is 65.6 Å². The van der Waals surface area contributed by atoms with Gasteiger partial charge in [-0.15, -0.1) is 0 Å². The maximum Gasteiger partial charge on any atom is 0.143 e. The summed E-state index contributed by atoms with van der Waals surface area (Å²) in [5.41, 5.74) is 20.6. The molecule has 0 radical (unpaired) electrons. The van der Waals surface area contributed by atoms with Gasteiger partial charge in [0.1, 0.15) is 11.2 Å². The van der Waals surface area contributed by atoms with Crippen LogP contribution in [0.4, 0.5) is 0 Å². The molecule has 0 saturated carbocycles. The molecule has 0 aliphatic heterocycles. The van der Waals surface area contributed by atoms with Crippen molar-refractivity contribution in [2.45, 2.75) is 6.42 Å². The molecule has 3 aromatic heterocycles. The van der Waals surface area contributed by atoms with Gasteiger partial charge in [-0.1, -0.05) is 127 Å². The first-order chi connectivity index (χ1) is 29.2. The molecule has 276 valence electrons. The average molecular weight is 753 g/mol. The third kappa shape index (κ3) is 4.70. The zero-order chi connectivity index (χ0) is 38.8. The molecule has 13 rings (SSSR count). The van der Waals surface area contributed by atoms with Gasteiger partial charge in [0.15, 0.2) is 0 Å². The van der Waals surface area contributed by atoms with Crippen LogP contribution in [0.2, 0.25) is 0 Å². The Hall–Kier alpha value is -7.62. The van der Waals surface area contributed by atoms with E-state index in [0.717, 1.165) is 45.2 Å². The van der Waals surface area contributed by atoms with Crippen molar-refractivity contribution in [3.05, 3.63) is 199 Å². The van der Waals surface area contributed by atoms with E-state index in [1.165, 1.54) is 88.1 Å². The lowest BCUT2D eigenvalue weighted by molar-refractivity contribution is 0.670. The molecular formula is C56H36N2O. The first-order valence-corrected chi connectivity index (χ1v) is 20.4. The molecule has 3 heterocycles. The molecule has 0 fully saturated rings. The van der Waals surface area contributed by atoms with E-state index < -0.39 is 0 Å². The summed E-state index contributed by atoms with van der Waals surface area (Å²) in [6, 6.07) is 69.1. The van der Waals surface area contributed by atoms with Crippen molar-refractivity contribution in [1.29, 1.82) is 0 Å². The molecule has 0 amide bonds. The van der Waals surface area contributed by atoms with Crippen LogP contribution in [-0.2, 0) is 13.5 Å². The van der Waals surface area contributed by atoms with Crippen molar-refractivity contribution < 1.29 is 4.42 Å². The summed E-state index contributed by atoms with van der Waals surface area (Å²) in [5.74, 6) is 0. The molecule has 0 spiro atoms. The van der Waals surface area contributed by atoms with Gasteiger partial charge >= 0.3 is 0 Å². The predicted octanol–water partition coefficient (Wildman–Crippen LogP) is 14.9. The molecule has 0 unspecified atom stereocenters. The highest BCUT2D eigenvalue weighted by Crippen LogP contribution is 2.44. The van der Waals surface area contributed by atoms with Crippen LogP contribution in [0.25, 0.3) is 116 Å². The summed E-state index contributed by atoms with van der Waals surface area (Å²) >= 11 is 0. The molecule has 0 bridgehead atoms. The zero-order valence-electron chi connectivity index (χ0n) is 32.4. The topological polar surface area (TPSA) is 23.0 Å². The third-order valence-electron chi connectivity index (χ3n) is 13.0. The van der Waals surface area contributed by atoms with Gasteiger partial charge in [-0.2, -0.15) is 0 Å². The van der Waals surface area contributed by atoms with Crippen molar-refractivity contribution in [3.8, 4) is 50.2 Å². The lowest BCUT2D eigenvalue weighted by Gasteiger charge is -2.11. The molecule has 0 atom stereocenters. The van der Waals surface area contributed by atoms with Crippen molar-refractivity contribution in [2.24, 2.45) is 7.05 Å². The Balaban J connectivity index is 0.994. The van der Waals surface area contributed by atoms with E-state index in [1.807, 2.05) is 12.1 Å². The summed E-state index contributed by atoms with van der Waals surface area (Å²) in [7, 11) is 2.16. The summed E-state index contributed by atoms with van der Waals surface area (Å²) in [6.45, 7) is 0. The molecule has 3 nitrogen and oxygen atoms in total. The number of furan rings is 1. The van der Waals surface area contributed by atoms with Gasteiger partial charge < -0.3 is 13.6 Å². The SMILES string of the molecule is Cn1c2ccccc2c2cc(-c3ccc4c(c3)c3cc(-c5cccc6c5Cc5ccccc5-6)ccc3n4-c3ccc(-c4cccc5c4oc4ccccc45)cc3)ccc21. The van der Waals surface area contributed by atoms with E-state index in [1.54, 1.807) is 0 Å². The monoisotopic (exact) mass is 752 g/mol. The number of fused-ring (bicyclic) bond motifs is 12. The van der Waals surface area contributed by atoms with Gasteiger partial charge in [0.2, 0.25) is 0 Å². The maximum atomic E-state index is 6.44. The van der Waals surface area contributed by atoms with E-state index in [9.17, 15) is 0 Å². The number of nitrogens with zero attached hydrogens (tertiary/aromatic N) is 2. The quantitative estimate of drug-likeness (QED) is 0.176. The summed E-state index contributed by atoms with van der Waals surface area (Å²) in [6.07, 6.45) is 0.955. The van der Waals surface area contributed by atoms with E-state index in [-0.39, 0.29) is 0 Å². The number of aryl methyl sites for hydroxylation is 1. The summed E-state index contributed by atoms with van der Waals surface area (Å²) in [5, 5.41) is 7.34. The van der Waals surface area contributed by atoms with Gasteiger partial charge in [-0.05, 0) is 117 Å².